The average Bonchev–Trinajstić information content (AvgIpc) is 3.05. The number of halogens is 6. The lowest BCUT2D eigenvalue weighted by Crippen LogP contribution is -2.30. The number of phenolic OH excluding ortho intramolecular Hbond substituents is 1. The molecule has 0 radical (unpaired) electrons. The number of fused-ring (bicyclic) bond motifs is 1. The minimum atomic E-state index is -4.75. The topological polar surface area (TPSA) is 82.4 Å². The molecule has 3 aromatic rings. The summed E-state index contributed by atoms with van der Waals surface area (Å²) in [4.78, 5) is 5.24. The molecule has 12 heteroatoms. The predicted octanol–water partition coefficient (Wildman–Crippen LogP) is 4.40. The number of pyridine rings is 1. The molecule has 1 fully saturated rings. The maximum Gasteiger partial charge on any atom is 0.433 e. The van der Waals surface area contributed by atoms with Crippen LogP contribution in [0.3, 0.4) is 0 Å². The Morgan fingerprint density at radius 1 is 1.00 bits per heavy atom. The number of aromatic nitrogens is 3. The van der Waals surface area contributed by atoms with Gasteiger partial charge in [-0.25, -0.2) is 4.98 Å². The van der Waals surface area contributed by atoms with E-state index in [1.807, 2.05) is 0 Å². The lowest BCUT2D eigenvalue weighted by atomic mass is 10.0. The molecule has 1 aliphatic heterocycles. The summed E-state index contributed by atoms with van der Waals surface area (Å²) in [6, 6.07) is 4.01. The van der Waals surface area contributed by atoms with Gasteiger partial charge in [-0.15, -0.1) is 10.2 Å². The fourth-order valence-corrected chi connectivity index (χ4v) is 3.62. The molecule has 1 aliphatic rings. The van der Waals surface area contributed by atoms with Gasteiger partial charge >= 0.3 is 12.4 Å². The van der Waals surface area contributed by atoms with E-state index in [4.69, 9.17) is 0 Å². The van der Waals surface area contributed by atoms with Crippen molar-refractivity contribution < 1.29 is 36.6 Å². The van der Waals surface area contributed by atoms with Crippen LogP contribution in [-0.2, 0) is 12.4 Å². The second kappa shape index (κ2) is 7.19. The van der Waals surface area contributed by atoms with Crippen LogP contribution in [0.2, 0.25) is 0 Å². The van der Waals surface area contributed by atoms with E-state index in [9.17, 15) is 36.6 Å². The molecule has 170 valence electrons. The van der Waals surface area contributed by atoms with Gasteiger partial charge in [0.05, 0.1) is 11.2 Å². The Morgan fingerprint density at radius 3 is 2.28 bits per heavy atom. The SMILES string of the molecule is C[C@]1(O)CCN(c2nnc(-c3ccc(C(F)(F)F)cc3O)c3ccc(C(F)(F)F)nc23)C1. The van der Waals surface area contributed by atoms with Crippen molar-refractivity contribution in [1.82, 2.24) is 15.2 Å². The summed E-state index contributed by atoms with van der Waals surface area (Å²) in [5.41, 5.74) is -3.82. The molecular weight excluding hydrogens is 442 g/mol. The van der Waals surface area contributed by atoms with Crippen molar-refractivity contribution in [2.24, 2.45) is 0 Å². The molecule has 4 rings (SSSR count). The molecule has 0 spiro atoms. The van der Waals surface area contributed by atoms with Crippen molar-refractivity contribution in [3.63, 3.8) is 0 Å². The largest absolute Gasteiger partial charge is 0.507 e. The predicted molar refractivity (Wildman–Crippen MR) is 102 cm³/mol. The third-order valence-electron chi connectivity index (χ3n) is 5.23. The summed E-state index contributed by atoms with van der Waals surface area (Å²) >= 11 is 0. The van der Waals surface area contributed by atoms with E-state index < -0.39 is 35.0 Å². The molecule has 2 N–H and O–H groups in total. The summed E-state index contributed by atoms with van der Waals surface area (Å²) in [6.45, 7) is 1.95. The first-order valence-corrected chi connectivity index (χ1v) is 9.39. The molecule has 0 saturated carbocycles. The minimum Gasteiger partial charge on any atom is -0.507 e. The van der Waals surface area contributed by atoms with E-state index in [2.05, 4.69) is 15.2 Å². The van der Waals surface area contributed by atoms with Gasteiger partial charge in [0.15, 0.2) is 5.82 Å². The van der Waals surface area contributed by atoms with Crippen LogP contribution in [0.4, 0.5) is 32.2 Å². The van der Waals surface area contributed by atoms with E-state index in [0.29, 0.717) is 19.0 Å². The molecule has 0 amide bonds. The number of alkyl halides is 6. The summed E-state index contributed by atoms with van der Waals surface area (Å²) in [5.74, 6) is -0.758. The molecule has 1 atom stereocenters. The van der Waals surface area contributed by atoms with Crippen LogP contribution in [-0.4, -0.2) is 44.1 Å². The van der Waals surface area contributed by atoms with Gasteiger partial charge in [-0.05, 0) is 43.7 Å². The first-order valence-electron chi connectivity index (χ1n) is 9.39. The fraction of sp³-hybridized carbons (Fsp3) is 0.350. The van der Waals surface area contributed by atoms with E-state index in [0.717, 1.165) is 24.3 Å². The van der Waals surface area contributed by atoms with Crippen LogP contribution in [0.1, 0.15) is 24.6 Å². The number of benzene rings is 1. The Hall–Kier alpha value is -3.15. The van der Waals surface area contributed by atoms with Crippen molar-refractivity contribution in [3.8, 4) is 17.0 Å². The lowest BCUT2D eigenvalue weighted by Gasteiger charge is -2.21. The van der Waals surface area contributed by atoms with Crippen molar-refractivity contribution >= 4 is 16.7 Å². The van der Waals surface area contributed by atoms with Gasteiger partial charge in [-0.1, -0.05) is 0 Å². The van der Waals surface area contributed by atoms with E-state index in [1.165, 1.54) is 0 Å². The summed E-state index contributed by atoms with van der Waals surface area (Å²) in [7, 11) is 0. The van der Waals surface area contributed by atoms with Gasteiger partial charge in [-0.2, -0.15) is 26.3 Å². The smallest absolute Gasteiger partial charge is 0.433 e. The number of β-amino-alcohol motifs (C(OH)–C–C–N with tert-alkyl or cyclic N) is 1. The molecule has 6 nitrogen and oxygen atoms in total. The monoisotopic (exact) mass is 458 g/mol. The molecule has 0 aliphatic carbocycles. The molecule has 0 bridgehead atoms. The van der Waals surface area contributed by atoms with E-state index >= 15 is 0 Å². The Kier molecular flexibility index (Phi) is 4.96. The Balaban J connectivity index is 1.92. The van der Waals surface area contributed by atoms with Crippen molar-refractivity contribution in [2.45, 2.75) is 31.3 Å². The molecular formula is C20H16F6N4O2. The molecule has 2 aromatic heterocycles. The van der Waals surface area contributed by atoms with Gasteiger partial charge in [0, 0.05) is 24.0 Å². The maximum absolute atomic E-state index is 13.3. The first-order chi connectivity index (χ1) is 14.8. The zero-order valence-electron chi connectivity index (χ0n) is 16.5. The van der Waals surface area contributed by atoms with Gasteiger partial charge in [0.1, 0.15) is 22.7 Å². The highest BCUT2D eigenvalue weighted by Gasteiger charge is 2.36. The zero-order valence-corrected chi connectivity index (χ0v) is 16.5. The van der Waals surface area contributed by atoms with Crippen molar-refractivity contribution in [2.75, 3.05) is 18.0 Å². The molecule has 1 aromatic carbocycles. The van der Waals surface area contributed by atoms with Crippen molar-refractivity contribution in [3.05, 3.63) is 41.6 Å². The van der Waals surface area contributed by atoms with Gasteiger partial charge < -0.3 is 15.1 Å². The Morgan fingerprint density at radius 2 is 1.72 bits per heavy atom. The number of rotatable bonds is 2. The van der Waals surface area contributed by atoms with Crippen molar-refractivity contribution in [1.29, 1.82) is 0 Å². The molecule has 1 saturated heterocycles. The average molecular weight is 458 g/mol. The highest BCUT2D eigenvalue weighted by molar-refractivity contribution is 5.99. The van der Waals surface area contributed by atoms with Gasteiger partial charge in [0.2, 0.25) is 0 Å². The number of hydrogen-bond acceptors (Lipinski definition) is 6. The highest BCUT2D eigenvalue weighted by Crippen LogP contribution is 2.40. The second-order valence-corrected chi connectivity index (χ2v) is 7.86. The van der Waals surface area contributed by atoms with Crippen LogP contribution in [0.25, 0.3) is 22.2 Å². The fourth-order valence-electron chi connectivity index (χ4n) is 3.62. The summed E-state index contributed by atoms with van der Waals surface area (Å²) in [6.07, 6.45) is -9.10. The number of phenols is 1. The summed E-state index contributed by atoms with van der Waals surface area (Å²) < 4.78 is 78.6. The molecule has 32 heavy (non-hydrogen) atoms. The number of nitrogens with zero attached hydrogens (tertiary/aromatic N) is 4. The maximum atomic E-state index is 13.3. The minimum absolute atomic E-state index is 0.000901. The lowest BCUT2D eigenvalue weighted by molar-refractivity contribution is -0.141. The number of aromatic hydroxyl groups is 1. The van der Waals surface area contributed by atoms with Crippen LogP contribution in [0.15, 0.2) is 30.3 Å². The normalized spacial score (nSPS) is 19.7. The Labute approximate surface area is 177 Å². The van der Waals surface area contributed by atoms with Crippen LogP contribution >= 0.6 is 0 Å². The van der Waals surface area contributed by atoms with Crippen LogP contribution < -0.4 is 4.90 Å². The summed E-state index contributed by atoms with van der Waals surface area (Å²) in [5, 5.41) is 28.4. The zero-order chi connectivity index (χ0) is 23.5. The highest BCUT2D eigenvalue weighted by atomic mass is 19.4. The van der Waals surface area contributed by atoms with E-state index in [1.54, 1.807) is 11.8 Å². The van der Waals surface area contributed by atoms with Gasteiger partial charge in [0.25, 0.3) is 0 Å². The van der Waals surface area contributed by atoms with Gasteiger partial charge in [-0.3, -0.25) is 0 Å². The first kappa shape index (κ1) is 22.1. The quantitative estimate of drug-likeness (QED) is 0.555. The number of hydrogen-bond donors (Lipinski definition) is 2. The standard InChI is InChI=1S/C20H16F6N4O2/c1-18(32)6-7-30(9-18)17-16-12(4-5-14(27-16)20(24,25)26)15(28-29-17)11-3-2-10(8-13(11)31)19(21,22)23/h2-5,8,31-32H,6-7,9H2,1H3/t18-/m0/s1. The molecule has 0 unspecified atom stereocenters. The molecule has 3 heterocycles. The van der Waals surface area contributed by atoms with Crippen LogP contribution in [0.5, 0.6) is 5.75 Å². The number of aliphatic hydroxyl groups is 1. The Bertz CT molecular complexity index is 1190. The third kappa shape index (κ3) is 4.01. The third-order valence-corrected chi connectivity index (χ3v) is 5.23. The van der Waals surface area contributed by atoms with Crippen LogP contribution in [0, 0.1) is 0 Å². The van der Waals surface area contributed by atoms with E-state index in [-0.39, 0.29) is 34.5 Å². The second-order valence-electron chi connectivity index (χ2n) is 7.86. The number of anilines is 1.